The molecule has 1 aliphatic rings. The van der Waals surface area contributed by atoms with Crippen LogP contribution in [0.2, 0.25) is 0 Å². The first-order valence-corrected chi connectivity index (χ1v) is 5.37. The SMILES string of the molecule is O=C(O)C1=C(Nc2cccc(C(F)(F)F)c2)OCC1=O. The molecule has 0 spiro atoms. The van der Waals surface area contributed by atoms with E-state index in [1.807, 2.05) is 0 Å². The molecule has 20 heavy (non-hydrogen) atoms. The normalized spacial score (nSPS) is 15.2. The Kier molecular flexibility index (Phi) is 3.39. The Hall–Kier alpha value is -2.51. The van der Waals surface area contributed by atoms with Crippen molar-refractivity contribution in [3.63, 3.8) is 0 Å². The van der Waals surface area contributed by atoms with Gasteiger partial charge in [0.2, 0.25) is 11.7 Å². The monoisotopic (exact) mass is 287 g/mol. The van der Waals surface area contributed by atoms with E-state index in [4.69, 9.17) is 9.84 Å². The van der Waals surface area contributed by atoms with Crippen LogP contribution in [0.15, 0.2) is 35.7 Å². The number of ketones is 1. The maximum absolute atomic E-state index is 12.5. The molecule has 0 saturated carbocycles. The number of ether oxygens (including phenoxy) is 1. The van der Waals surface area contributed by atoms with Crippen LogP contribution in [0, 0.1) is 0 Å². The summed E-state index contributed by atoms with van der Waals surface area (Å²) in [7, 11) is 0. The molecule has 1 heterocycles. The fourth-order valence-electron chi connectivity index (χ4n) is 1.63. The molecule has 0 saturated heterocycles. The molecule has 106 valence electrons. The van der Waals surface area contributed by atoms with E-state index in [1.165, 1.54) is 6.07 Å². The van der Waals surface area contributed by atoms with E-state index in [0.717, 1.165) is 18.2 Å². The molecule has 2 rings (SSSR count). The maximum Gasteiger partial charge on any atom is 0.416 e. The summed E-state index contributed by atoms with van der Waals surface area (Å²) in [6.45, 7) is -0.455. The number of anilines is 1. The molecule has 1 aromatic carbocycles. The summed E-state index contributed by atoms with van der Waals surface area (Å²) < 4.78 is 42.4. The second-order valence-electron chi connectivity index (χ2n) is 3.92. The summed E-state index contributed by atoms with van der Waals surface area (Å²) in [5, 5.41) is 11.2. The third-order valence-electron chi connectivity index (χ3n) is 2.52. The van der Waals surface area contributed by atoms with Gasteiger partial charge in [-0.15, -0.1) is 0 Å². The van der Waals surface area contributed by atoms with Crippen molar-refractivity contribution in [2.45, 2.75) is 6.18 Å². The van der Waals surface area contributed by atoms with Crippen molar-refractivity contribution in [3.05, 3.63) is 41.3 Å². The van der Waals surface area contributed by atoms with E-state index in [-0.39, 0.29) is 11.6 Å². The predicted molar refractivity (Wildman–Crippen MR) is 60.7 cm³/mol. The van der Waals surface area contributed by atoms with Gasteiger partial charge in [0.1, 0.15) is 0 Å². The molecule has 0 aliphatic carbocycles. The van der Waals surface area contributed by atoms with Crippen molar-refractivity contribution in [1.29, 1.82) is 0 Å². The fourth-order valence-corrected chi connectivity index (χ4v) is 1.63. The average Bonchev–Trinajstić information content (AvgIpc) is 2.69. The molecule has 0 unspecified atom stereocenters. The maximum atomic E-state index is 12.5. The third kappa shape index (κ3) is 2.73. The zero-order valence-electron chi connectivity index (χ0n) is 9.82. The Bertz CT molecular complexity index is 607. The molecule has 0 atom stereocenters. The predicted octanol–water partition coefficient (Wildman–Crippen LogP) is 2.01. The Morgan fingerprint density at radius 1 is 1.35 bits per heavy atom. The first kappa shape index (κ1) is 13.9. The van der Waals surface area contributed by atoms with Gasteiger partial charge in [0.05, 0.1) is 5.56 Å². The lowest BCUT2D eigenvalue weighted by Gasteiger charge is -2.11. The molecule has 0 amide bonds. The van der Waals surface area contributed by atoms with Gasteiger partial charge < -0.3 is 15.2 Å². The van der Waals surface area contributed by atoms with E-state index in [0.29, 0.717) is 0 Å². The van der Waals surface area contributed by atoms with Crippen LogP contribution in [0.4, 0.5) is 18.9 Å². The molecule has 0 fully saturated rings. The van der Waals surface area contributed by atoms with Gasteiger partial charge in [0.25, 0.3) is 0 Å². The van der Waals surface area contributed by atoms with Crippen LogP contribution in [0.1, 0.15) is 5.56 Å². The van der Waals surface area contributed by atoms with Crippen LogP contribution in [-0.4, -0.2) is 23.5 Å². The Balaban J connectivity index is 2.31. The molecule has 1 aliphatic heterocycles. The van der Waals surface area contributed by atoms with Crippen molar-refractivity contribution in [1.82, 2.24) is 0 Å². The number of halogens is 3. The highest BCUT2D eigenvalue weighted by molar-refractivity contribution is 6.19. The highest BCUT2D eigenvalue weighted by Gasteiger charge is 2.32. The minimum absolute atomic E-state index is 0.0247. The van der Waals surface area contributed by atoms with Crippen LogP contribution in [0.5, 0.6) is 0 Å². The molecule has 0 aromatic heterocycles. The average molecular weight is 287 g/mol. The van der Waals surface area contributed by atoms with Gasteiger partial charge in [-0.25, -0.2) is 4.79 Å². The zero-order chi connectivity index (χ0) is 14.9. The van der Waals surface area contributed by atoms with Gasteiger partial charge in [-0.3, -0.25) is 4.79 Å². The minimum atomic E-state index is -4.52. The first-order valence-electron chi connectivity index (χ1n) is 5.37. The van der Waals surface area contributed by atoms with Gasteiger partial charge in [-0.2, -0.15) is 13.2 Å². The number of aliphatic carboxylic acids is 1. The number of Topliss-reactive ketones (excluding diaryl/α,β-unsaturated/α-hetero) is 1. The summed E-state index contributed by atoms with van der Waals surface area (Å²) in [5.74, 6) is -2.60. The Morgan fingerprint density at radius 3 is 2.65 bits per heavy atom. The highest BCUT2D eigenvalue weighted by Crippen LogP contribution is 2.31. The number of hydrogen-bond donors (Lipinski definition) is 2. The van der Waals surface area contributed by atoms with Gasteiger partial charge in [-0.1, -0.05) is 6.07 Å². The molecule has 8 heteroatoms. The number of carbonyl (C=O) groups is 2. The lowest BCUT2D eigenvalue weighted by atomic mass is 10.2. The number of alkyl halides is 3. The summed E-state index contributed by atoms with van der Waals surface area (Å²) in [5.41, 5.74) is -1.53. The second-order valence-corrected chi connectivity index (χ2v) is 3.92. The Morgan fingerprint density at radius 2 is 2.05 bits per heavy atom. The second kappa shape index (κ2) is 4.87. The number of nitrogens with one attached hydrogen (secondary N) is 1. The van der Waals surface area contributed by atoms with Crippen molar-refractivity contribution >= 4 is 17.4 Å². The minimum Gasteiger partial charge on any atom is -0.477 e. The summed E-state index contributed by atoms with van der Waals surface area (Å²) in [6.07, 6.45) is -4.52. The number of carboxylic acid groups (broad SMARTS) is 1. The number of rotatable bonds is 3. The van der Waals surface area contributed by atoms with E-state index >= 15 is 0 Å². The molecule has 1 aromatic rings. The van der Waals surface area contributed by atoms with Crippen LogP contribution in [0.3, 0.4) is 0 Å². The number of hydrogen-bond acceptors (Lipinski definition) is 4. The molecular weight excluding hydrogens is 279 g/mol. The number of carboxylic acids is 1. The molecule has 5 nitrogen and oxygen atoms in total. The lowest BCUT2D eigenvalue weighted by molar-refractivity contribution is -0.137. The standard InChI is InChI=1S/C12H8F3NO4/c13-12(14,15)6-2-1-3-7(4-6)16-10-9(11(18)19)8(17)5-20-10/h1-4,16H,5H2,(H,18,19). The third-order valence-corrected chi connectivity index (χ3v) is 2.52. The molecule has 2 N–H and O–H groups in total. The number of benzene rings is 1. The Labute approximate surface area is 110 Å². The summed E-state index contributed by atoms with van der Waals surface area (Å²) >= 11 is 0. The van der Waals surface area contributed by atoms with Gasteiger partial charge >= 0.3 is 12.1 Å². The zero-order valence-corrected chi connectivity index (χ0v) is 9.82. The lowest BCUT2D eigenvalue weighted by Crippen LogP contribution is -2.12. The van der Waals surface area contributed by atoms with Crippen molar-refractivity contribution in [2.75, 3.05) is 11.9 Å². The van der Waals surface area contributed by atoms with Crippen molar-refractivity contribution < 1.29 is 32.6 Å². The van der Waals surface area contributed by atoms with Crippen LogP contribution < -0.4 is 5.32 Å². The van der Waals surface area contributed by atoms with Crippen molar-refractivity contribution in [2.24, 2.45) is 0 Å². The van der Waals surface area contributed by atoms with Crippen molar-refractivity contribution in [3.8, 4) is 0 Å². The first-order chi connectivity index (χ1) is 9.29. The highest BCUT2D eigenvalue weighted by atomic mass is 19.4. The van der Waals surface area contributed by atoms with Gasteiger partial charge in [0.15, 0.2) is 12.2 Å². The van der Waals surface area contributed by atoms with Crippen LogP contribution >= 0.6 is 0 Å². The largest absolute Gasteiger partial charge is 0.477 e. The van der Waals surface area contributed by atoms with Gasteiger partial charge in [0, 0.05) is 5.69 Å². The summed E-state index contributed by atoms with van der Waals surface area (Å²) in [6, 6.07) is 4.12. The molecular formula is C12H8F3NO4. The van der Waals surface area contributed by atoms with E-state index in [1.54, 1.807) is 0 Å². The topological polar surface area (TPSA) is 75.6 Å². The van der Waals surface area contributed by atoms with E-state index in [2.05, 4.69) is 5.32 Å². The van der Waals surface area contributed by atoms with Crippen LogP contribution in [-0.2, 0) is 20.5 Å². The quantitative estimate of drug-likeness (QED) is 0.832. The fraction of sp³-hybridized carbons (Fsp3) is 0.167. The van der Waals surface area contributed by atoms with E-state index < -0.39 is 35.7 Å². The van der Waals surface area contributed by atoms with Crippen LogP contribution in [0.25, 0.3) is 0 Å². The molecule has 0 bridgehead atoms. The van der Waals surface area contributed by atoms with E-state index in [9.17, 15) is 22.8 Å². The van der Waals surface area contributed by atoms with Gasteiger partial charge in [-0.05, 0) is 18.2 Å². The summed E-state index contributed by atoms with van der Waals surface area (Å²) in [4.78, 5) is 22.1. The number of carbonyl (C=O) groups excluding carboxylic acids is 1. The molecule has 0 radical (unpaired) electrons. The smallest absolute Gasteiger partial charge is 0.416 e.